The molecule has 0 bridgehead atoms. The van der Waals surface area contributed by atoms with Gasteiger partial charge >= 0.3 is 5.97 Å². The zero-order valence-electron chi connectivity index (χ0n) is 15.5. The Morgan fingerprint density at radius 3 is 2.46 bits per heavy atom. The van der Waals surface area contributed by atoms with E-state index in [4.69, 9.17) is 10.5 Å². The summed E-state index contributed by atoms with van der Waals surface area (Å²) in [5.41, 5.74) is 8.54. The molecule has 0 unspecified atom stereocenters. The van der Waals surface area contributed by atoms with Crippen LogP contribution in [0.25, 0.3) is 0 Å². The fourth-order valence-electron chi connectivity index (χ4n) is 2.73. The molecule has 0 radical (unpaired) electrons. The Bertz CT molecular complexity index is 759. The van der Waals surface area contributed by atoms with E-state index < -0.39 is 12.1 Å². The number of nitrogens with one attached hydrogen (secondary N) is 1. The highest BCUT2D eigenvalue weighted by atomic mass is 16.5. The Morgan fingerprint density at radius 1 is 1.12 bits per heavy atom. The number of nitrogen functional groups attached to an aromatic ring is 1. The number of rotatable bonds is 7. The average Bonchev–Trinajstić information content (AvgIpc) is 2.65. The summed E-state index contributed by atoms with van der Waals surface area (Å²) in [7, 11) is 0. The van der Waals surface area contributed by atoms with Crippen molar-refractivity contribution >= 4 is 17.6 Å². The largest absolute Gasteiger partial charge is 0.449 e. The smallest absolute Gasteiger partial charge is 0.341 e. The Hall–Kier alpha value is -2.82. The fourth-order valence-corrected chi connectivity index (χ4v) is 2.73. The first kappa shape index (κ1) is 19.5. The predicted octanol–water partition coefficient (Wildman–Crippen LogP) is 3.43. The highest BCUT2D eigenvalue weighted by Crippen LogP contribution is 2.19. The van der Waals surface area contributed by atoms with Crippen LogP contribution in [-0.2, 0) is 9.53 Å². The quantitative estimate of drug-likeness (QED) is 0.589. The number of anilines is 1. The molecule has 26 heavy (non-hydrogen) atoms. The Labute approximate surface area is 154 Å². The molecule has 0 aliphatic carbocycles. The summed E-state index contributed by atoms with van der Waals surface area (Å²) in [4.78, 5) is 24.6. The Morgan fingerprint density at radius 2 is 1.81 bits per heavy atom. The molecule has 0 heterocycles. The van der Waals surface area contributed by atoms with Gasteiger partial charge < -0.3 is 15.8 Å². The van der Waals surface area contributed by atoms with Gasteiger partial charge in [-0.3, -0.25) is 4.79 Å². The number of para-hydroxylation sites is 1. The molecule has 0 aliphatic rings. The molecule has 0 fully saturated rings. The molecule has 5 nitrogen and oxygen atoms in total. The van der Waals surface area contributed by atoms with Crippen molar-refractivity contribution in [2.45, 2.75) is 39.2 Å². The van der Waals surface area contributed by atoms with Crippen molar-refractivity contribution in [1.29, 1.82) is 0 Å². The SMILES string of the molecule is CC[C@H](CNC(=O)[C@H](C)OC(=O)c1cccc(C)c1N)c1ccccc1. The standard InChI is InChI=1S/C21H26N2O3/c1-4-16(17-10-6-5-7-11-17)13-23-20(24)15(3)26-21(25)18-12-8-9-14(2)19(18)22/h5-12,15-16H,4,13,22H2,1-3H3,(H,23,24)/t15-,16+/m0/s1. The number of esters is 1. The molecule has 138 valence electrons. The van der Waals surface area contributed by atoms with E-state index in [0.717, 1.165) is 12.0 Å². The van der Waals surface area contributed by atoms with Crippen molar-refractivity contribution < 1.29 is 14.3 Å². The number of hydrogen-bond acceptors (Lipinski definition) is 4. The van der Waals surface area contributed by atoms with Gasteiger partial charge in [0.2, 0.25) is 0 Å². The lowest BCUT2D eigenvalue weighted by Gasteiger charge is -2.19. The van der Waals surface area contributed by atoms with Gasteiger partial charge in [-0.05, 0) is 37.5 Å². The van der Waals surface area contributed by atoms with Crippen LogP contribution in [0.15, 0.2) is 48.5 Å². The molecule has 5 heteroatoms. The number of carbonyl (C=O) groups excluding carboxylic acids is 2. The van der Waals surface area contributed by atoms with Gasteiger partial charge in [-0.15, -0.1) is 0 Å². The summed E-state index contributed by atoms with van der Waals surface area (Å²) < 4.78 is 5.27. The highest BCUT2D eigenvalue weighted by molar-refractivity contribution is 5.97. The monoisotopic (exact) mass is 354 g/mol. The van der Waals surface area contributed by atoms with Crippen molar-refractivity contribution in [3.05, 3.63) is 65.2 Å². The van der Waals surface area contributed by atoms with Gasteiger partial charge in [0.05, 0.1) is 5.56 Å². The molecular weight excluding hydrogens is 328 g/mol. The Kier molecular flexibility index (Phi) is 6.78. The first-order valence-electron chi connectivity index (χ1n) is 8.82. The van der Waals surface area contributed by atoms with E-state index >= 15 is 0 Å². The predicted molar refractivity (Wildman–Crippen MR) is 103 cm³/mol. The van der Waals surface area contributed by atoms with Gasteiger partial charge in [0.1, 0.15) is 0 Å². The second-order valence-electron chi connectivity index (χ2n) is 6.34. The summed E-state index contributed by atoms with van der Waals surface area (Å²) in [5.74, 6) is -0.696. The van der Waals surface area contributed by atoms with Crippen molar-refractivity contribution in [2.24, 2.45) is 0 Å². The van der Waals surface area contributed by atoms with Crippen LogP contribution in [0, 0.1) is 6.92 Å². The summed E-state index contributed by atoms with van der Waals surface area (Å²) in [5, 5.41) is 2.87. The maximum absolute atomic E-state index is 12.3. The fraction of sp³-hybridized carbons (Fsp3) is 0.333. The third kappa shape index (κ3) is 4.85. The van der Waals surface area contributed by atoms with Gasteiger partial charge in [0, 0.05) is 18.2 Å². The number of nitrogens with two attached hydrogens (primary N) is 1. The maximum atomic E-state index is 12.3. The Balaban J connectivity index is 1.93. The molecular formula is C21H26N2O3. The third-order valence-corrected chi connectivity index (χ3v) is 4.48. The van der Waals surface area contributed by atoms with E-state index in [1.54, 1.807) is 19.1 Å². The van der Waals surface area contributed by atoms with Gasteiger partial charge in [0.25, 0.3) is 5.91 Å². The molecule has 0 saturated heterocycles. The first-order valence-corrected chi connectivity index (χ1v) is 8.82. The van der Waals surface area contributed by atoms with E-state index in [9.17, 15) is 9.59 Å². The van der Waals surface area contributed by atoms with Gasteiger partial charge in [-0.25, -0.2) is 4.79 Å². The number of amides is 1. The normalized spacial score (nSPS) is 12.9. The van der Waals surface area contributed by atoms with Gasteiger partial charge in [-0.1, -0.05) is 49.4 Å². The molecule has 3 N–H and O–H groups in total. The van der Waals surface area contributed by atoms with Crippen LogP contribution in [0.4, 0.5) is 5.69 Å². The van der Waals surface area contributed by atoms with E-state index in [1.807, 2.05) is 43.3 Å². The number of benzene rings is 2. The summed E-state index contributed by atoms with van der Waals surface area (Å²) in [6.45, 7) is 5.95. The van der Waals surface area contributed by atoms with Crippen LogP contribution < -0.4 is 11.1 Å². The van der Waals surface area contributed by atoms with Crippen LogP contribution in [0.3, 0.4) is 0 Å². The molecule has 2 atom stereocenters. The molecule has 0 aromatic heterocycles. The van der Waals surface area contributed by atoms with Crippen LogP contribution in [0.1, 0.15) is 47.7 Å². The molecule has 2 rings (SSSR count). The minimum atomic E-state index is -0.893. The number of ether oxygens (including phenoxy) is 1. The van der Waals surface area contributed by atoms with E-state index in [2.05, 4.69) is 12.2 Å². The average molecular weight is 354 g/mol. The second kappa shape index (κ2) is 9.04. The van der Waals surface area contributed by atoms with Crippen LogP contribution in [-0.4, -0.2) is 24.5 Å². The molecule has 0 saturated carbocycles. The second-order valence-corrected chi connectivity index (χ2v) is 6.34. The summed E-state index contributed by atoms with van der Waals surface area (Å²) >= 11 is 0. The zero-order valence-corrected chi connectivity index (χ0v) is 15.5. The minimum Gasteiger partial charge on any atom is -0.449 e. The van der Waals surface area contributed by atoms with Crippen molar-refractivity contribution in [2.75, 3.05) is 12.3 Å². The molecule has 1 amide bonds. The molecule has 0 aliphatic heterocycles. The van der Waals surface area contributed by atoms with Gasteiger partial charge in [0.15, 0.2) is 6.10 Å². The topological polar surface area (TPSA) is 81.4 Å². The summed E-state index contributed by atoms with van der Waals surface area (Å²) in [6.07, 6.45) is 0.00820. The lowest BCUT2D eigenvalue weighted by Crippen LogP contribution is -2.38. The van der Waals surface area contributed by atoms with Gasteiger partial charge in [-0.2, -0.15) is 0 Å². The number of aryl methyl sites for hydroxylation is 1. The van der Waals surface area contributed by atoms with E-state index in [-0.39, 0.29) is 17.4 Å². The number of carbonyl (C=O) groups is 2. The summed E-state index contributed by atoms with van der Waals surface area (Å²) in [6, 6.07) is 15.2. The first-order chi connectivity index (χ1) is 12.4. The molecule has 2 aromatic rings. The lowest BCUT2D eigenvalue weighted by atomic mass is 9.96. The van der Waals surface area contributed by atoms with E-state index in [0.29, 0.717) is 12.2 Å². The van der Waals surface area contributed by atoms with Crippen LogP contribution >= 0.6 is 0 Å². The van der Waals surface area contributed by atoms with Crippen LogP contribution in [0.2, 0.25) is 0 Å². The molecule has 0 spiro atoms. The minimum absolute atomic E-state index is 0.218. The van der Waals surface area contributed by atoms with E-state index in [1.165, 1.54) is 5.56 Å². The number of hydrogen-bond donors (Lipinski definition) is 2. The lowest BCUT2D eigenvalue weighted by molar-refractivity contribution is -0.129. The van der Waals surface area contributed by atoms with Crippen molar-refractivity contribution in [3.63, 3.8) is 0 Å². The van der Waals surface area contributed by atoms with Crippen molar-refractivity contribution in [3.8, 4) is 0 Å². The molecule has 2 aromatic carbocycles. The highest BCUT2D eigenvalue weighted by Gasteiger charge is 2.21. The maximum Gasteiger partial charge on any atom is 0.341 e. The van der Waals surface area contributed by atoms with Crippen LogP contribution in [0.5, 0.6) is 0 Å². The third-order valence-electron chi connectivity index (χ3n) is 4.48. The van der Waals surface area contributed by atoms with Crippen molar-refractivity contribution in [1.82, 2.24) is 5.32 Å². The zero-order chi connectivity index (χ0) is 19.1.